The van der Waals surface area contributed by atoms with Crippen LogP contribution in [-0.4, -0.2) is 22.4 Å². The van der Waals surface area contributed by atoms with E-state index in [1.807, 2.05) is 26.6 Å². The fourth-order valence-corrected chi connectivity index (χ4v) is 5.66. The second-order valence-corrected chi connectivity index (χ2v) is 11.0. The molecule has 0 atom stereocenters. The Morgan fingerprint density at radius 2 is 1.75 bits per heavy atom. The van der Waals surface area contributed by atoms with Gasteiger partial charge in [0.15, 0.2) is 0 Å². The van der Waals surface area contributed by atoms with Crippen LogP contribution in [0, 0.1) is 0 Å². The van der Waals surface area contributed by atoms with Crippen molar-refractivity contribution in [2.45, 2.75) is 39.4 Å². The van der Waals surface area contributed by atoms with Crippen molar-refractivity contribution in [1.29, 1.82) is 0 Å². The van der Waals surface area contributed by atoms with Gasteiger partial charge >= 0.3 is 0 Å². The first kappa shape index (κ1) is 12.1. The maximum atomic E-state index is 11.3. The molecule has 0 aromatic rings. The summed E-state index contributed by atoms with van der Waals surface area (Å²) in [6, 6.07) is 0. The summed E-state index contributed by atoms with van der Waals surface area (Å²) in [6.07, 6.45) is 1.67. The van der Waals surface area contributed by atoms with Gasteiger partial charge in [-0.2, -0.15) is 0 Å². The molecule has 0 saturated heterocycles. The van der Waals surface area contributed by atoms with Crippen LogP contribution in [0.3, 0.4) is 0 Å². The summed E-state index contributed by atoms with van der Waals surface area (Å²) >= 11 is 0. The van der Waals surface area contributed by atoms with Crippen LogP contribution in [0.4, 0.5) is 0 Å². The molecular weight excluding hydrogens is 190 g/mol. The van der Waals surface area contributed by atoms with Crippen molar-refractivity contribution in [2.75, 3.05) is 5.75 Å². The van der Waals surface area contributed by atoms with Crippen LogP contribution in [0.15, 0.2) is 0 Å². The Morgan fingerprint density at radius 1 is 1.25 bits per heavy atom. The largest absolute Gasteiger partial charge is 0.238 e. The minimum absolute atomic E-state index is 0.272. The average Bonchev–Trinajstić information content (AvgIpc) is 1.78. The molecule has 0 aromatic heterocycles. The fourth-order valence-electron chi connectivity index (χ4n) is 0.852. The van der Waals surface area contributed by atoms with Gasteiger partial charge in [0.25, 0.3) is 0 Å². The number of unbranched alkanes of at least 4 members (excludes halogenated alkanes) is 1. The molecule has 0 fully saturated rings. The molecule has 0 amide bonds. The predicted octanol–water partition coefficient (Wildman–Crippen LogP) is 1.54. The van der Waals surface area contributed by atoms with Crippen LogP contribution in [0.2, 0.25) is 19.6 Å². The molecule has 0 spiro atoms. The van der Waals surface area contributed by atoms with E-state index in [1.165, 1.54) is 0 Å². The van der Waals surface area contributed by atoms with Crippen LogP contribution >= 0.6 is 0 Å². The highest BCUT2D eigenvalue weighted by atomic mass is 32.2. The van der Waals surface area contributed by atoms with Crippen LogP contribution in [-0.2, 0) is 10.0 Å². The lowest BCUT2D eigenvalue weighted by molar-refractivity contribution is 0.589. The summed E-state index contributed by atoms with van der Waals surface area (Å²) in [6.45, 7) is 7.94. The summed E-state index contributed by atoms with van der Waals surface area (Å²) in [5.41, 5.74) is 0. The molecule has 12 heavy (non-hydrogen) atoms. The highest BCUT2D eigenvalue weighted by Gasteiger charge is 2.20. The van der Waals surface area contributed by atoms with E-state index in [0.29, 0.717) is 0 Å². The third kappa shape index (κ3) is 6.81. The monoisotopic (exact) mass is 209 g/mol. The topological polar surface area (TPSA) is 46.2 Å². The van der Waals surface area contributed by atoms with Crippen LogP contribution in [0.5, 0.6) is 0 Å². The fraction of sp³-hybridized carbons (Fsp3) is 1.00. The summed E-state index contributed by atoms with van der Waals surface area (Å²) in [4.78, 5) is 0. The van der Waals surface area contributed by atoms with E-state index < -0.39 is 18.3 Å². The van der Waals surface area contributed by atoms with E-state index in [4.69, 9.17) is 0 Å². The van der Waals surface area contributed by atoms with Crippen LogP contribution in [0.1, 0.15) is 19.8 Å². The summed E-state index contributed by atoms with van der Waals surface area (Å²) in [5, 5.41) is 0. The van der Waals surface area contributed by atoms with Crippen molar-refractivity contribution < 1.29 is 8.42 Å². The Balaban J connectivity index is 4.06. The first-order chi connectivity index (χ1) is 5.27. The van der Waals surface area contributed by atoms with Crippen molar-refractivity contribution in [3.05, 3.63) is 0 Å². The molecule has 1 N–H and O–H groups in total. The quantitative estimate of drug-likeness (QED) is 0.698. The molecule has 0 aliphatic heterocycles. The van der Waals surface area contributed by atoms with Crippen molar-refractivity contribution in [3.63, 3.8) is 0 Å². The summed E-state index contributed by atoms with van der Waals surface area (Å²) in [5.74, 6) is 0.272. The van der Waals surface area contributed by atoms with Gasteiger partial charge in [-0.1, -0.05) is 33.0 Å². The number of nitrogens with one attached hydrogen (secondary N) is 1. The lowest BCUT2D eigenvalue weighted by Crippen LogP contribution is -2.46. The Morgan fingerprint density at radius 3 is 2.08 bits per heavy atom. The van der Waals surface area contributed by atoms with Crippen molar-refractivity contribution in [3.8, 4) is 0 Å². The molecule has 74 valence electrons. The molecule has 3 nitrogen and oxygen atoms in total. The zero-order valence-corrected chi connectivity index (χ0v) is 10.2. The SMILES string of the molecule is CCCCS(=O)(=O)N[Si](C)(C)C. The van der Waals surface area contributed by atoms with E-state index in [0.717, 1.165) is 12.8 Å². The average molecular weight is 209 g/mol. The van der Waals surface area contributed by atoms with Gasteiger partial charge in [-0.25, -0.2) is 12.8 Å². The molecule has 0 saturated carbocycles. The first-order valence-corrected chi connectivity index (χ1v) is 9.44. The molecule has 5 heteroatoms. The van der Waals surface area contributed by atoms with Gasteiger partial charge in [-0.15, -0.1) is 0 Å². The zero-order valence-electron chi connectivity index (χ0n) is 8.35. The van der Waals surface area contributed by atoms with Gasteiger partial charge in [0.1, 0.15) is 8.24 Å². The van der Waals surface area contributed by atoms with Gasteiger partial charge in [0.2, 0.25) is 10.0 Å². The molecule has 0 aliphatic carbocycles. The van der Waals surface area contributed by atoms with E-state index in [-0.39, 0.29) is 5.75 Å². The third-order valence-electron chi connectivity index (χ3n) is 1.23. The standard InChI is InChI=1S/C7H19NO2SSi/c1-5-6-7-11(9,10)8-12(2,3)4/h8H,5-7H2,1-4H3. The Bertz CT molecular complexity index is 218. The van der Waals surface area contributed by atoms with Crippen LogP contribution in [0.25, 0.3) is 0 Å². The number of hydrogen-bond donors (Lipinski definition) is 1. The van der Waals surface area contributed by atoms with E-state index in [2.05, 4.69) is 4.39 Å². The lowest BCUT2D eigenvalue weighted by Gasteiger charge is -2.17. The number of hydrogen-bond acceptors (Lipinski definition) is 2. The van der Waals surface area contributed by atoms with Crippen LogP contribution < -0.4 is 4.39 Å². The molecule has 0 rings (SSSR count). The second-order valence-electron chi connectivity index (χ2n) is 4.02. The second kappa shape index (κ2) is 4.39. The Hall–Kier alpha value is 0.127. The number of rotatable bonds is 5. The lowest BCUT2D eigenvalue weighted by atomic mass is 10.4. The van der Waals surface area contributed by atoms with Gasteiger partial charge in [-0.05, 0) is 6.42 Å². The molecule has 0 aromatic carbocycles. The highest BCUT2D eigenvalue weighted by molar-refractivity contribution is 7.90. The van der Waals surface area contributed by atoms with Gasteiger partial charge in [0, 0.05) is 0 Å². The minimum Gasteiger partial charge on any atom is -0.238 e. The number of sulfonamides is 1. The Labute approximate surface area is 76.7 Å². The minimum atomic E-state index is -2.99. The third-order valence-corrected chi connectivity index (χ3v) is 5.75. The smallest absolute Gasteiger partial charge is 0.205 e. The van der Waals surface area contributed by atoms with Gasteiger partial charge in [0.05, 0.1) is 5.75 Å². The van der Waals surface area contributed by atoms with Gasteiger partial charge < -0.3 is 0 Å². The Kier molecular flexibility index (Phi) is 4.43. The first-order valence-electron chi connectivity index (χ1n) is 4.28. The summed E-state index contributed by atoms with van der Waals surface area (Å²) < 4.78 is 25.4. The molecule has 0 aliphatic rings. The van der Waals surface area contributed by atoms with Crippen molar-refractivity contribution in [1.82, 2.24) is 4.39 Å². The molecule has 0 radical (unpaired) electrons. The van der Waals surface area contributed by atoms with Crippen molar-refractivity contribution >= 4 is 18.3 Å². The molecule has 0 unspecified atom stereocenters. The zero-order chi connectivity index (χ0) is 9.83. The maximum absolute atomic E-state index is 11.3. The highest BCUT2D eigenvalue weighted by Crippen LogP contribution is 2.00. The van der Waals surface area contributed by atoms with E-state index in [9.17, 15) is 8.42 Å². The maximum Gasteiger partial charge on any atom is 0.205 e. The summed E-state index contributed by atoms with van der Waals surface area (Å²) in [7, 11) is -4.67. The normalized spacial score (nSPS) is 13.3. The van der Waals surface area contributed by atoms with E-state index in [1.54, 1.807) is 0 Å². The molecular formula is C7H19NO2SSi. The predicted molar refractivity (Wildman–Crippen MR) is 55.2 cm³/mol. The molecule has 0 bridgehead atoms. The van der Waals surface area contributed by atoms with Crippen molar-refractivity contribution in [2.24, 2.45) is 0 Å². The van der Waals surface area contributed by atoms with Gasteiger partial charge in [-0.3, -0.25) is 0 Å². The van der Waals surface area contributed by atoms with E-state index >= 15 is 0 Å². The molecule has 0 heterocycles.